The second-order valence-electron chi connectivity index (χ2n) is 5.94. The highest BCUT2D eigenvalue weighted by Crippen LogP contribution is 2.27. The van der Waals surface area contributed by atoms with Gasteiger partial charge in [-0.1, -0.05) is 48.5 Å². The first-order valence-electron chi connectivity index (χ1n) is 7.77. The van der Waals surface area contributed by atoms with Gasteiger partial charge in [0, 0.05) is 5.69 Å². The molecule has 0 saturated carbocycles. The number of carbonyl (C=O) groups excluding carboxylic acids is 2. The highest BCUT2D eigenvalue weighted by molar-refractivity contribution is 7.80. The summed E-state index contributed by atoms with van der Waals surface area (Å²) >= 11 is 5.23. The van der Waals surface area contributed by atoms with Gasteiger partial charge in [-0.25, -0.2) is 4.79 Å². The number of imide groups is 1. The highest BCUT2D eigenvalue weighted by Gasteiger charge is 2.49. The van der Waals surface area contributed by atoms with Crippen LogP contribution in [0, 0.1) is 6.92 Å². The van der Waals surface area contributed by atoms with Crippen molar-refractivity contribution in [3.05, 3.63) is 65.7 Å². The number of hydrogen-bond acceptors (Lipinski definition) is 3. The van der Waals surface area contributed by atoms with Gasteiger partial charge in [0.2, 0.25) is 0 Å². The Morgan fingerprint density at radius 1 is 1.08 bits per heavy atom. The van der Waals surface area contributed by atoms with Crippen molar-refractivity contribution in [3.8, 4) is 0 Å². The van der Waals surface area contributed by atoms with E-state index >= 15 is 0 Å². The van der Waals surface area contributed by atoms with E-state index < -0.39 is 17.5 Å². The smallest absolute Gasteiger partial charge is 0.331 e. The van der Waals surface area contributed by atoms with Gasteiger partial charge in [-0.15, -0.1) is 0 Å². The van der Waals surface area contributed by atoms with Crippen LogP contribution in [0.4, 0.5) is 10.5 Å². The molecule has 0 bridgehead atoms. The topological polar surface area (TPSA) is 73.5 Å². The average molecular weight is 354 g/mol. The van der Waals surface area contributed by atoms with Gasteiger partial charge in [-0.3, -0.25) is 10.2 Å². The van der Waals surface area contributed by atoms with E-state index in [0.717, 1.165) is 16.3 Å². The average Bonchev–Trinajstić information content (AvgIpc) is 2.82. The maximum atomic E-state index is 12.8. The summed E-state index contributed by atoms with van der Waals surface area (Å²) in [6.07, 6.45) is 0. The summed E-state index contributed by atoms with van der Waals surface area (Å²) in [5.41, 5.74) is 4.04. The number of thiocarbonyl (C=S) groups is 1. The summed E-state index contributed by atoms with van der Waals surface area (Å²) in [5, 5.41) is 6.77. The van der Waals surface area contributed by atoms with Gasteiger partial charge >= 0.3 is 6.03 Å². The first-order chi connectivity index (χ1) is 11.9. The van der Waals surface area contributed by atoms with Crippen molar-refractivity contribution in [2.24, 2.45) is 0 Å². The van der Waals surface area contributed by atoms with Crippen LogP contribution in [0.25, 0.3) is 0 Å². The van der Waals surface area contributed by atoms with Crippen LogP contribution in [0.3, 0.4) is 0 Å². The molecule has 25 heavy (non-hydrogen) atoms. The lowest BCUT2D eigenvalue weighted by atomic mass is 9.92. The fourth-order valence-corrected chi connectivity index (χ4v) is 2.87. The molecule has 1 fully saturated rings. The Morgan fingerprint density at radius 3 is 2.40 bits per heavy atom. The number of carbonyl (C=O) groups is 2. The predicted octanol–water partition coefficient (Wildman–Crippen LogP) is 2.66. The number of nitrogens with zero attached hydrogens (tertiary/aromatic N) is 1. The Hall–Kier alpha value is -2.93. The van der Waals surface area contributed by atoms with E-state index in [1.165, 1.54) is 0 Å². The first kappa shape index (κ1) is 16.9. The van der Waals surface area contributed by atoms with Gasteiger partial charge in [0.25, 0.3) is 5.91 Å². The van der Waals surface area contributed by atoms with Gasteiger partial charge in [-0.05, 0) is 43.3 Å². The lowest BCUT2D eigenvalue weighted by molar-refractivity contribution is -0.132. The first-order valence-corrected chi connectivity index (χ1v) is 8.18. The van der Waals surface area contributed by atoms with E-state index in [1.807, 2.05) is 49.4 Å². The Labute approximate surface area is 151 Å². The Balaban J connectivity index is 1.75. The maximum Gasteiger partial charge on any atom is 0.344 e. The fraction of sp³-hybridized carbons (Fsp3) is 0.167. The van der Waals surface area contributed by atoms with Crippen molar-refractivity contribution < 1.29 is 9.59 Å². The van der Waals surface area contributed by atoms with Crippen LogP contribution in [-0.2, 0) is 10.3 Å². The summed E-state index contributed by atoms with van der Waals surface area (Å²) in [6.45, 7) is 3.60. The minimum atomic E-state index is -1.14. The molecule has 2 aromatic carbocycles. The van der Waals surface area contributed by atoms with Gasteiger partial charge in [0.1, 0.15) is 5.54 Å². The third-order valence-electron chi connectivity index (χ3n) is 4.15. The van der Waals surface area contributed by atoms with Crippen LogP contribution in [-0.4, -0.2) is 22.1 Å². The molecule has 1 aliphatic heterocycles. The normalized spacial score (nSPS) is 19.5. The summed E-state index contributed by atoms with van der Waals surface area (Å²) in [5.74, 6) is -0.419. The molecule has 1 saturated heterocycles. The monoisotopic (exact) mass is 354 g/mol. The van der Waals surface area contributed by atoms with E-state index in [1.54, 1.807) is 19.1 Å². The molecular formula is C18H18N4O2S. The summed E-state index contributed by atoms with van der Waals surface area (Å²) < 4.78 is 0. The maximum absolute atomic E-state index is 12.8. The minimum absolute atomic E-state index is 0.162. The van der Waals surface area contributed by atoms with Crippen molar-refractivity contribution in [1.82, 2.24) is 15.8 Å². The number of anilines is 1. The quantitative estimate of drug-likeness (QED) is 0.584. The van der Waals surface area contributed by atoms with Gasteiger partial charge in [0.15, 0.2) is 5.11 Å². The Morgan fingerprint density at radius 2 is 1.72 bits per heavy atom. The summed E-state index contributed by atoms with van der Waals surface area (Å²) in [4.78, 5) is 25.1. The molecule has 6 nitrogen and oxygen atoms in total. The molecule has 0 aromatic heterocycles. The van der Waals surface area contributed by atoms with Crippen LogP contribution in [0.1, 0.15) is 18.1 Å². The van der Waals surface area contributed by atoms with E-state index in [2.05, 4.69) is 16.1 Å². The summed E-state index contributed by atoms with van der Waals surface area (Å²) in [7, 11) is 0. The summed E-state index contributed by atoms with van der Waals surface area (Å²) in [6, 6.07) is 16.1. The molecule has 7 heteroatoms. The predicted molar refractivity (Wildman–Crippen MR) is 99.7 cm³/mol. The second-order valence-corrected chi connectivity index (χ2v) is 6.35. The number of rotatable bonds is 3. The highest BCUT2D eigenvalue weighted by atomic mass is 32.1. The molecular weight excluding hydrogens is 336 g/mol. The van der Waals surface area contributed by atoms with Crippen molar-refractivity contribution in [3.63, 3.8) is 0 Å². The number of benzene rings is 2. The number of urea groups is 1. The number of hydrazine groups is 1. The van der Waals surface area contributed by atoms with E-state index in [0.29, 0.717) is 5.56 Å². The molecule has 2 aromatic rings. The Kier molecular flexibility index (Phi) is 4.41. The molecule has 1 aliphatic rings. The molecule has 0 unspecified atom stereocenters. The van der Waals surface area contributed by atoms with Gasteiger partial charge in [0.05, 0.1) is 0 Å². The lowest BCUT2D eigenvalue weighted by Crippen LogP contribution is -2.49. The Bertz CT molecular complexity index is 840. The molecule has 1 atom stereocenters. The van der Waals surface area contributed by atoms with Crippen LogP contribution >= 0.6 is 12.2 Å². The molecule has 3 rings (SSSR count). The van der Waals surface area contributed by atoms with Crippen LogP contribution in [0.15, 0.2) is 54.6 Å². The largest absolute Gasteiger partial charge is 0.344 e. The van der Waals surface area contributed by atoms with Crippen molar-refractivity contribution in [1.29, 1.82) is 0 Å². The van der Waals surface area contributed by atoms with Crippen LogP contribution < -0.4 is 16.1 Å². The van der Waals surface area contributed by atoms with E-state index in [9.17, 15) is 9.59 Å². The van der Waals surface area contributed by atoms with Crippen molar-refractivity contribution >= 4 is 35.0 Å². The van der Waals surface area contributed by atoms with Gasteiger partial charge in [-0.2, -0.15) is 5.01 Å². The molecule has 3 amide bonds. The number of nitrogens with one attached hydrogen (secondary N) is 3. The zero-order valence-corrected chi connectivity index (χ0v) is 14.7. The fourth-order valence-electron chi connectivity index (χ4n) is 2.67. The standard InChI is InChI=1S/C18H18N4O2S/c1-12-8-6-7-11-14(12)19-16(25)21-22-15(23)18(2,20-17(22)24)13-9-4-3-5-10-13/h3-11H,1-2H3,(H,20,24)(H2,19,21,25)/t18-/m0/s1. The van der Waals surface area contributed by atoms with Crippen molar-refractivity contribution in [2.45, 2.75) is 19.4 Å². The van der Waals surface area contributed by atoms with E-state index in [-0.39, 0.29) is 5.11 Å². The molecule has 0 spiro atoms. The van der Waals surface area contributed by atoms with Crippen molar-refractivity contribution in [2.75, 3.05) is 5.32 Å². The molecule has 0 aliphatic carbocycles. The molecule has 128 valence electrons. The zero-order valence-electron chi connectivity index (χ0n) is 13.9. The SMILES string of the molecule is Cc1ccccc1NC(=S)NN1C(=O)N[C@@](C)(c2ccccc2)C1=O. The number of para-hydroxylation sites is 1. The molecule has 0 radical (unpaired) electrons. The third-order valence-corrected chi connectivity index (χ3v) is 4.34. The zero-order chi connectivity index (χ0) is 18.0. The van der Waals surface area contributed by atoms with Crippen LogP contribution in [0.2, 0.25) is 0 Å². The number of aryl methyl sites for hydroxylation is 1. The molecule has 3 N–H and O–H groups in total. The minimum Gasteiger partial charge on any atom is -0.331 e. The van der Waals surface area contributed by atoms with E-state index in [4.69, 9.17) is 12.2 Å². The second kappa shape index (κ2) is 6.52. The van der Waals surface area contributed by atoms with Gasteiger partial charge < -0.3 is 10.6 Å². The number of amides is 3. The lowest BCUT2D eigenvalue weighted by Gasteiger charge is -2.22. The van der Waals surface area contributed by atoms with Crippen LogP contribution in [0.5, 0.6) is 0 Å². The molecule has 1 heterocycles. The number of hydrogen-bond donors (Lipinski definition) is 3. The third kappa shape index (κ3) is 3.18.